The lowest BCUT2D eigenvalue weighted by molar-refractivity contribution is -0.0150. The van der Waals surface area contributed by atoms with E-state index in [2.05, 4.69) is 35.2 Å². The van der Waals surface area contributed by atoms with Gasteiger partial charge in [0.2, 0.25) is 0 Å². The van der Waals surface area contributed by atoms with Gasteiger partial charge in [-0.3, -0.25) is 0 Å². The normalized spacial score (nSPS) is 21.2. The Balaban J connectivity index is 1.43. The van der Waals surface area contributed by atoms with E-state index in [1.54, 1.807) is 28.3 Å². The number of amides is 1. The Kier molecular flexibility index (Phi) is 10.9. The van der Waals surface area contributed by atoms with Crippen LogP contribution in [0.25, 0.3) is 0 Å². The second kappa shape index (κ2) is 14.6. The fourth-order valence-electron chi connectivity index (χ4n) is 5.88. The molecule has 2 aromatic carbocycles. The van der Waals surface area contributed by atoms with E-state index in [0.29, 0.717) is 19.1 Å². The smallest absolute Gasteiger partial charge is 0.409 e. The number of hydrogen-bond acceptors (Lipinski definition) is 7. The van der Waals surface area contributed by atoms with Crippen molar-refractivity contribution in [2.75, 3.05) is 59.5 Å². The summed E-state index contributed by atoms with van der Waals surface area (Å²) < 4.78 is 28.9. The van der Waals surface area contributed by atoms with E-state index in [9.17, 15) is 4.79 Å². The van der Waals surface area contributed by atoms with Crippen molar-refractivity contribution < 1.29 is 28.5 Å². The lowest BCUT2D eigenvalue weighted by atomic mass is 9.74. The molecule has 2 aliphatic rings. The molecule has 1 aliphatic heterocycles. The molecule has 40 heavy (non-hydrogen) atoms. The van der Waals surface area contributed by atoms with Gasteiger partial charge in [-0.2, -0.15) is 0 Å². The standard InChI is InChI=1S/C32H46N2O6/c1-23(40-32(35)33(2)3)19-24-7-13-30(28(20-24)26-9-11-27(37-5)12-10-26)39-22-25-8-14-31-29(21-25)34(16-18-38-31)15-6-17-36-4/h8-12,14,21,23-24,28,30H,6-7,13,15-20,22H2,1-5H3/t23-,24+,28-,30+/m1/s1. The number of carbonyl (C=O) groups excluding carboxylic acids is 1. The molecule has 1 fully saturated rings. The fraction of sp³-hybridized carbons (Fsp3) is 0.594. The molecule has 8 nitrogen and oxygen atoms in total. The molecule has 0 bridgehead atoms. The van der Waals surface area contributed by atoms with Gasteiger partial charge in [-0.1, -0.05) is 18.2 Å². The third-order valence-electron chi connectivity index (χ3n) is 8.00. The van der Waals surface area contributed by atoms with Crippen LogP contribution in [0.15, 0.2) is 42.5 Å². The molecule has 0 spiro atoms. The van der Waals surface area contributed by atoms with Crippen LogP contribution >= 0.6 is 0 Å². The zero-order valence-electron chi connectivity index (χ0n) is 24.8. The SMILES string of the molecule is COCCCN1CCOc2ccc(CO[C@H]3CC[C@@H](C[C@@H](C)OC(=O)N(C)C)C[C@@H]3c3ccc(OC)cc3)cc21. The monoisotopic (exact) mass is 554 g/mol. The number of ether oxygens (including phenoxy) is 5. The first kappa shape index (κ1) is 30.0. The van der Waals surface area contributed by atoms with Crippen LogP contribution in [0.2, 0.25) is 0 Å². The largest absolute Gasteiger partial charge is 0.497 e. The van der Waals surface area contributed by atoms with E-state index in [0.717, 1.165) is 74.6 Å². The van der Waals surface area contributed by atoms with Gasteiger partial charge in [0.1, 0.15) is 24.2 Å². The van der Waals surface area contributed by atoms with Gasteiger partial charge < -0.3 is 33.5 Å². The van der Waals surface area contributed by atoms with E-state index in [4.69, 9.17) is 23.7 Å². The van der Waals surface area contributed by atoms with Crippen molar-refractivity contribution in [1.29, 1.82) is 0 Å². The first-order valence-electron chi connectivity index (χ1n) is 14.5. The van der Waals surface area contributed by atoms with Crippen LogP contribution in [-0.4, -0.2) is 77.8 Å². The number of methoxy groups -OCH3 is 2. The molecular formula is C32H46N2O6. The number of benzene rings is 2. The van der Waals surface area contributed by atoms with Gasteiger partial charge in [0, 0.05) is 40.3 Å². The summed E-state index contributed by atoms with van der Waals surface area (Å²) in [5.74, 6) is 2.50. The number of hydrogen-bond donors (Lipinski definition) is 0. The highest BCUT2D eigenvalue weighted by molar-refractivity contribution is 5.66. The summed E-state index contributed by atoms with van der Waals surface area (Å²) in [7, 11) is 6.86. The highest BCUT2D eigenvalue weighted by atomic mass is 16.6. The maximum Gasteiger partial charge on any atom is 0.409 e. The second-order valence-electron chi connectivity index (χ2n) is 11.2. The van der Waals surface area contributed by atoms with Crippen molar-refractivity contribution in [2.45, 2.75) is 63.8 Å². The van der Waals surface area contributed by atoms with Crippen molar-refractivity contribution in [3.63, 3.8) is 0 Å². The molecule has 4 rings (SSSR count). The number of fused-ring (bicyclic) bond motifs is 1. The molecule has 0 radical (unpaired) electrons. The predicted molar refractivity (Wildman–Crippen MR) is 157 cm³/mol. The molecular weight excluding hydrogens is 508 g/mol. The van der Waals surface area contributed by atoms with Crippen LogP contribution in [0.4, 0.5) is 10.5 Å². The Morgan fingerprint density at radius 2 is 1.93 bits per heavy atom. The fourth-order valence-corrected chi connectivity index (χ4v) is 5.88. The van der Waals surface area contributed by atoms with E-state index in [1.165, 1.54) is 10.5 Å². The lowest BCUT2D eigenvalue weighted by Crippen LogP contribution is -2.34. The van der Waals surface area contributed by atoms with Gasteiger partial charge in [-0.15, -0.1) is 0 Å². The average molecular weight is 555 g/mol. The number of carbonyl (C=O) groups is 1. The minimum absolute atomic E-state index is 0.106. The van der Waals surface area contributed by atoms with Gasteiger partial charge >= 0.3 is 6.09 Å². The van der Waals surface area contributed by atoms with Crippen molar-refractivity contribution in [3.8, 4) is 11.5 Å². The van der Waals surface area contributed by atoms with E-state index < -0.39 is 0 Å². The zero-order valence-corrected chi connectivity index (χ0v) is 24.8. The van der Waals surface area contributed by atoms with Crippen LogP contribution in [0, 0.1) is 5.92 Å². The summed E-state index contributed by atoms with van der Waals surface area (Å²) in [5.41, 5.74) is 3.55. The third kappa shape index (κ3) is 8.04. The molecule has 0 unspecified atom stereocenters. The molecule has 0 N–H and O–H groups in total. The Morgan fingerprint density at radius 1 is 1.12 bits per heavy atom. The third-order valence-corrected chi connectivity index (χ3v) is 8.00. The molecule has 1 aliphatic carbocycles. The Morgan fingerprint density at radius 3 is 2.65 bits per heavy atom. The van der Waals surface area contributed by atoms with Crippen molar-refractivity contribution in [2.24, 2.45) is 5.92 Å². The summed E-state index contributed by atoms with van der Waals surface area (Å²) in [5, 5.41) is 0. The molecule has 8 heteroatoms. The van der Waals surface area contributed by atoms with Crippen LogP contribution in [0.1, 0.15) is 56.1 Å². The van der Waals surface area contributed by atoms with Crippen LogP contribution in [-0.2, 0) is 20.8 Å². The summed E-state index contributed by atoms with van der Waals surface area (Å²) >= 11 is 0. The topological polar surface area (TPSA) is 69.7 Å². The molecule has 1 saturated carbocycles. The average Bonchev–Trinajstić information content (AvgIpc) is 2.96. The summed E-state index contributed by atoms with van der Waals surface area (Å²) in [6.07, 6.45) is 4.53. The zero-order chi connectivity index (χ0) is 28.5. The van der Waals surface area contributed by atoms with E-state index >= 15 is 0 Å². The number of rotatable bonds is 12. The first-order valence-corrected chi connectivity index (χ1v) is 14.5. The van der Waals surface area contributed by atoms with Crippen LogP contribution < -0.4 is 14.4 Å². The molecule has 4 atom stereocenters. The van der Waals surface area contributed by atoms with Crippen LogP contribution in [0.3, 0.4) is 0 Å². The molecule has 2 aromatic rings. The van der Waals surface area contributed by atoms with Crippen molar-refractivity contribution in [1.82, 2.24) is 4.90 Å². The maximum absolute atomic E-state index is 12.0. The van der Waals surface area contributed by atoms with Gasteiger partial charge in [-0.25, -0.2) is 4.79 Å². The minimum Gasteiger partial charge on any atom is -0.497 e. The summed E-state index contributed by atoms with van der Waals surface area (Å²) in [6.45, 7) is 5.83. The molecule has 0 saturated heterocycles. The van der Waals surface area contributed by atoms with Gasteiger partial charge in [0.05, 0.1) is 32.1 Å². The predicted octanol–water partition coefficient (Wildman–Crippen LogP) is 5.88. The van der Waals surface area contributed by atoms with E-state index in [1.807, 2.05) is 19.1 Å². The van der Waals surface area contributed by atoms with Crippen molar-refractivity contribution >= 4 is 11.8 Å². The highest BCUT2D eigenvalue weighted by Gasteiger charge is 2.33. The van der Waals surface area contributed by atoms with Crippen LogP contribution in [0.5, 0.6) is 11.5 Å². The summed E-state index contributed by atoms with van der Waals surface area (Å²) in [6, 6.07) is 14.8. The number of anilines is 1. The van der Waals surface area contributed by atoms with Gasteiger partial charge in [-0.05, 0) is 80.3 Å². The van der Waals surface area contributed by atoms with Crippen molar-refractivity contribution in [3.05, 3.63) is 53.6 Å². The number of nitrogens with zero attached hydrogens (tertiary/aromatic N) is 2. The lowest BCUT2D eigenvalue weighted by Gasteiger charge is -2.37. The summed E-state index contributed by atoms with van der Waals surface area (Å²) in [4.78, 5) is 15.9. The second-order valence-corrected chi connectivity index (χ2v) is 11.2. The molecule has 0 aromatic heterocycles. The molecule has 1 heterocycles. The Labute approximate surface area is 239 Å². The molecule has 1 amide bonds. The Bertz CT molecular complexity index is 1080. The van der Waals surface area contributed by atoms with Gasteiger partial charge in [0.25, 0.3) is 0 Å². The first-order chi connectivity index (χ1) is 19.4. The minimum atomic E-state index is -0.288. The quantitative estimate of drug-likeness (QED) is 0.304. The highest BCUT2D eigenvalue weighted by Crippen LogP contribution is 2.41. The molecule has 220 valence electrons. The Hall–Kier alpha value is -2.97. The van der Waals surface area contributed by atoms with Gasteiger partial charge in [0.15, 0.2) is 0 Å². The van der Waals surface area contributed by atoms with E-state index in [-0.39, 0.29) is 24.2 Å². The maximum atomic E-state index is 12.0.